The van der Waals surface area contributed by atoms with E-state index in [1.165, 1.54) is 193 Å². The van der Waals surface area contributed by atoms with Gasteiger partial charge in [0, 0.05) is 12.8 Å². The SMILES string of the molecule is CCCCCCCCCCCCCCCCCCCCCC(=O)OC(COC(=O)CCCCCCCCCCCCCCCCCCC)COC(OCC[N+](C)(C)C)C(=O)O. The van der Waals surface area contributed by atoms with Gasteiger partial charge in [0.1, 0.15) is 13.2 Å². The number of likely N-dealkylation sites (N-methyl/N-ethyl adjacent to an activating group) is 1. The Morgan fingerprint density at radius 1 is 0.426 bits per heavy atom. The second kappa shape index (κ2) is 44.9. The summed E-state index contributed by atoms with van der Waals surface area (Å²) in [6.07, 6.45) is 44.5. The molecule has 9 heteroatoms. The van der Waals surface area contributed by atoms with Gasteiger partial charge in [-0.15, -0.1) is 0 Å². The largest absolute Gasteiger partial charge is 0.477 e. The number of rotatable bonds is 49. The second-order valence-electron chi connectivity index (χ2n) is 19.2. The summed E-state index contributed by atoms with van der Waals surface area (Å²) in [4.78, 5) is 37.3. The van der Waals surface area contributed by atoms with E-state index < -0.39 is 18.4 Å². The van der Waals surface area contributed by atoms with Crippen LogP contribution in [0.3, 0.4) is 0 Å². The monoisotopic (exact) mass is 869 g/mol. The van der Waals surface area contributed by atoms with E-state index in [1.807, 2.05) is 21.1 Å². The molecule has 0 radical (unpaired) electrons. The van der Waals surface area contributed by atoms with E-state index in [2.05, 4.69) is 13.8 Å². The third-order valence-corrected chi connectivity index (χ3v) is 11.9. The molecule has 362 valence electrons. The maximum absolute atomic E-state index is 12.8. The van der Waals surface area contributed by atoms with Gasteiger partial charge >= 0.3 is 17.9 Å². The van der Waals surface area contributed by atoms with Gasteiger partial charge in [-0.2, -0.15) is 0 Å². The molecular weight excluding hydrogens is 767 g/mol. The lowest BCUT2D eigenvalue weighted by atomic mass is 10.0. The van der Waals surface area contributed by atoms with Gasteiger partial charge in [-0.05, 0) is 12.8 Å². The minimum absolute atomic E-state index is 0.173. The van der Waals surface area contributed by atoms with E-state index in [-0.39, 0.29) is 38.2 Å². The highest BCUT2D eigenvalue weighted by Gasteiger charge is 2.25. The van der Waals surface area contributed by atoms with Crippen molar-refractivity contribution >= 4 is 17.9 Å². The van der Waals surface area contributed by atoms with Crippen LogP contribution in [0, 0.1) is 0 Å². The van der Waals surface area contributed by atoms with Gasteiger partial charge in [-0.1, -0.05) is 232 Å². The van der Waals surface area contributed by atoms with Crippen LogP contribution in [0.5, 0.6) is 0 Å². The summed E-state index contributed by atoms with van der Waals surface area (Å²) in [7, 11) is 5.97. The molecule has 0 aromatic rings. The molecule has 1 N–H and O–H groups in total. The number of ether oxygens (including phenoxy) is 4. The van der Waals surface area contributed by atoms with Crippen molar-refractivity contribution in [2.75, 3.05) is 47.5 Å². The molecule has 0 rings (SSSR count). The Morgan fingerprint density at radius 2 is 0.738 bits per heavy atom. The van der Waals surface area contributed by atoms with Gasteiger partial charge in [0.05, 0.1) is 34.4 Å². The zero-order valence-corrected chi connectivity index (χ0v) is 41.1. The summed E-state index contributed by atoms with van der Waals surface area (Å²) >= 11 is 0. The van der Waals surface area contributed by atoms with Crippen molar-refractivity contribution in [3.63, 3.8) is 0 Å². The smallest absolute Gasteiger partial charge is 0.361 e. The molecule has 0 aliphatic carbocycles. The first-order valence-electron chi connectivity index (χ1n) is 26.2. The second-order valence-corrected chi connectivity index (χ2v) is 19.2. The summed E-state index contributed by atoms with van der Waals surface area (Å²) in [5.74, 6) is -1.98. The number of hydrogen-bond donors (Lipinski definition) is 1. The summed E-state index contributed by atoms with van der Waals surface area (Å²) in [6, 6.07) is 0. The Morgan fingerprint density at radius 3 is 1.05 bits per heavy atom. The van der Waals surface area contributed by atoms with Crippen molar-refractivity contribution in [2.45, 2.75) is 270 Å². The topological polar surface area (TPSA) is 108 Å². The van der Waals surface area contributed by atoms with E-state index in [9.17, 15) is 19.5 Å². The summed E-state index contributed by atoms with van der Waals surface area (Å²) < 4.78 is 22.8. The van der Waals surface area contributed by atoms with Crippen LogP contribution < -0.4 is 0 Å². The molecule has 0 heterocycles. The fourth-order valence-corrected chi connectivity index (χ4v) is 7.78. The highest BCUT2D eigenvalue weighted by molar-refractivity contribution is 5.71. The van der Waals surface area contributed by atoms with Crippen molar-refractivity contribution in [3.8, 4) is 0 Å². The number of nitrogens with zero attached hydrogens (tertiary/aromatic N) is 1. The van der Waals surface area contributed by atoms with Crippen molar-refractivity contribution < 1.29 is 42.9 Å². The Bertz CT molecular complexity index is 970. The van der Waals surface area contributed by atoms with Crippen LogP contribution in [-0.4, -0.2) is 87.4 Å². The minimum Gasteiger partial charge on any atom is -0.477 e. The highest BCUT2D eigenvalue weighted by atomic mass is 16.7. The van der Waals surface area contributed by atoms with E-state index in [0.29, 0.717) is 17.4 Å². The standard InChI is InChI=1S/C52H101NO8/c1-6-8-10-12-14-16-18-20-22-24-25-27-29-31-33-35-37-39-41-43-50(55)61-48(47-60-52(51(56)57)58-45-44-53(3,4)5)46-59-49(54)42-40-38-36-34-32-30-28-26-23-21-19-17-15-13-11-9-7-2/h48,52H,6-47H2,1-5H3/p+1. The predicted molar refractivity (Wildman–Crippen MR) is 254 cm³/mol. The van der Waals surface area contributed by atoms with E-state index in [1.54, 1.807) is 0 Å². The van der Waals surface area contributed by atoms with Crippen molar-refractivity contribution in [2.24, 2.45) is 0 Å². The molecule has 0 bridgehead atoms. The Labute approximate surface area is 377 Å². The van der Waals surface area contributed by atoms with Crippen molar-refractivity contribution in [1.82, 2.24) is 0 Å². The van der Waals surface area contributed by atoms with E-state index >= 15 is 0 Å². The lowest BCUT2D eigenvalue weighted by molar-refractivity contribution is -0.870. The molecule has 61 heavy (non-hydrogen) atoms. The lowest BCUT2D eigenvalue weighted by Gasteiger charge is -2.25. The number of aliphatic carboxylic acids is 1. The maximum atomic E-state index is 12.8. The zero-order valence-electron chi connectivity index (χ0n) is 41.1. The molecule has 0 spiro atoms. The number of hydrogen-bond acceptors (Lipinski definition) is 7. The van der Waals surface area contributed by atoms with Gasteiger partial charge < -0.3 is 28.5 Å². The number of carbonyl (C=O) groups excluding carboxylic acids is 2. The highest BCUT2D eigenvalue weighted by Crippen LogP contribution is 2.17. The molecular formula is C52H102NO8+. The molecule has 2 atom stereocenters. The third kappa shape index (κ3) is 46.1. The van der Waals surface area contributed by atoms with Gasteiger partial charge in [0.2, 0.25) is 0 Å². The Hall–Kier alpha value is -1.71. The molecule has 2 unspecified atom stereocenters. The normalized spacial score (nSPS) is 12.7. The molecule has 0 aliphatic heterocycles. The van der Waals surface area contributed by atoms with Gasteiger partial charge in [0.25, 0.3) is 6.29 Å². The fraction of sp³-hybridized carbons (Fsp3) is 0.942. The molecule has 0 aromatic heterocycles. The van der Waals surface area contributed by atoms with Crippen LogP contribution in [-0.2, 0) is 33.3 Å². The van der Waals surface area contributed by atoms with Crippen LogP contribution in [0.2, 0.25) is 0 Å². The lowest BCUT2D eigenvalue weighted by Crippen LogP contribution is -2.40. The molecule has 0 fully saturated rings. The maximum Gasteiger partial charge on any atom is 0.361 e. The number of quaternary nitrogens is 1. The number of esters is 2. The Kier molecular flexibility index (Phi) is 43.6. The minimum atomic E-state index is -1.50. The molecule has 9 nitrogen and oxygen atoms in total. The van der Waals surface area contributed by atoms with Crippen molar-refractivity contribution in [1.29, 1.82) is 0 Å². The van der Waals surface area contributed by atoms with Gasteiger partial charge in [-0.3, -0.25) is 9.59 Å². The van der Waals surface area contributed by atoms with Crippen molar-refractivity contribution in [3.05, 3.63) is 0 Å². The quantitative estimate of drug-likeness (QED) is 0.0279. The first-order valence-corrected chi connectivity index (χ1v) is 26.2. The molecule has 0 aromatic carbocycles. The summed E-state index contributed by atoms with van der Waals surface area (Å²) in [5, 5.41) is 9.67. The first kappa shape index (κ1) is 59.3. The van der Waals surface area contributed by atoms with Crippen LogP contribution in [0.15, 0.2) is 0 Å². The molecule has 0 amide bonds. The summed E-state index contributed by atoms with van der Waals surface area (Å²) in [5.41, 5.74) is 0. The summed E-state index contributed by atoms with van der Waals surface area (Å²) in [6.45, 7) is 4.93. The van der Waals surface area contributed by atoms with Crippen LogP contribution >= 0.6 is 0 Å². The first-order chi connectivity index (χ1) is 29.6. The number of carboxylic acid groups (broad SMARTS) is 1. The van der Waals surface area contributed by atoms with Crippen LogP contribution in [0.25, 0.3) is 0 Å². The molecule has 0 saturated heterocycles. The fourth-order valence-electron chi connectivity index (χ4n) is 7.78. The van der Waals surface area contributed by atoms with E-state index in [4.69, 9.17) is 18.9 Å². The number of carbonyl (C=O) groups is 3. The molecule has 0 saturated carbocycles. The van der Waals surface area contributed by atoms with Crippen LogP contribution in [0.4, 0.5) is 0 Å². The van der Waals surface area contributed by atoms with E-state index in [0.717, 1.165) is 38.5 Å². The predicted octanol–water partition coefficient (Wildman–Crippen LogP) is 14.5. The van der Waals surface area contributed by atoms with Gasteiger partial charge in [-0.25, -0.2) is 4.79 Å². The average molecular weight is 869 g/mol. The van der Waals surface area contributed by atoms with Gasteiger partial charge in [0.15, 0.2) is 6.10 Å². The Balaban J connectivity index is 4.28. The molecule has 0 aliphatic rings. The number of unbranched alkanes of at least 4 members (excludes halogenated alkanes) is 34. The zero-order chi connectivity index (χ0) is 44.9. The number of carboxylic acids is 1. The third-order valence-electron chi connectivity index (χ3n) is 11.9. The van der Waals surface area contributed by atoms with Crippen LogP contribution in [0.1, 0.15) is 258 Å². The average Bonchev–Trinajstić information content (AvgIpc) is 3.22.